The van der Waals surface area contributed by atoms with E-state index in [-0.39, 0.29) is 5.56 Å². The third-order valence-corrected chi connectivity index (χ3v) is 3.92. The monoisotopic (exact) mass is 326 g/mol. The average Bonchev–Trinajstić information content (AvgIpc) is 2.98. The van der Waals surface area contributed by atoms with E-state index < -0.39 is 0 Å². The van der Waals surface area contributed by atoms with Crippen molar-refractivity contribution in [2.24, 2.45) is 0 Å². The molecule has 0 unspecified atom stereocenters. The Morgan fingerprint density at radius 2 is 2.04 bits per heavy atom. The van der Waals surface area contributed by atoms with Crippen LogP contribution >= 0.6 is 11.6 Å². The van der Waals surface area contributed by atoms with Gasteiger partial charge in [0.25, 0.3) is 5.56 Å². The van der Waals surface area contributed by atoms with Crippen molar-refractivity contribution in [3.8, 4) is 17.0 Å². The lowest BCUT2D eigenvalue weighted by Crippen LogP contribution is -2.10. The van der Waals surface area contributed by atoms with Crippen LogP contribution in [-0.2, 0) is 0 Å². The molecular weight excluding hydrogens is 316 g/mol. The number of methoxy groups -OCH3 is 1. The highest BCUT2D eigenvalue weighted by Gasteiger charge is 2.16. The molecule has 0 fully saturated rings. The fourth-order valence-electron chi connectivity index (χ4n) is 2.63. The Morgan fingerprint density at radius 1 is 1.22 bits per heavy atom. The second kappa shape index (κ2) is 5.10. The van der Waals surface area contributed by atoms with Crippen LogP contribution in [0, 0.1) is 0 Å². The van der Waals surface area contributed by atoms with Crippen LogP contribution < -0.4 is 10.3 Å². The van der Waals surface area contributed by atoms with E-state index in [4.69, 9.17) is 16.3 Å². The average molecular weight is 327 g/mol. The number of H-pyrrole nitrogens is 1. The van der Waals surface area contributed by atoms with E-state index in [9.17, 15) is 4.79 Å². The number of nitrogens with one attached hydrogen (secondary N) is 1. The predicted octanol–water partition coefficient (Wildman–Crippen LogP) is 2.90. The van der Waals surface area contributed by atoms with Crippen molar-refractivity contribution in [1.29, 1.82) is 0 Å². The molecule has 0 saturated carbocycles. The summed E-state index contributed by atoms with van der Waals surface area (Å²) in [6, 6.07) is 12.5. The van der Waals surface area contributed by atoms with Crippen LogP contribution in [0.25, 0.3) is 27.8 Å². The number of hydrogen-bond acceptors (Lipinski definition) is 4. The Hall–Kier alpha value is -2.86. The van der Waals surface area contributed by atoms with E-state index >= 15 is 0 Å². The number of rotatable bonds is 2. The van der Waals surface area contributed by atoms with Gasteiger partial charge in [-0.25, -0.2) is 9.73 Å². The van der Waals surface area contributed by atoms with Crippen molar-refractivity contribution in [2.45, 2.75) is 0 Å². The zero-order chi connectivity index (χ0) is 16.0. The van der Waals surface area contributed by atoms with Crippen molar-refractivity contribution in [3.63, 3.8) is 0 Å². The lowest BCUT2D eigenvalue weighted by Gasteiger charge is -2.05. The van der Waals surface area contributed by atoms with Crippen molar-refractivity contribution >= 4 is 28.2 Å². The molecule has 2 heterocycles. The van der Waals surface area contributed by atoms with Crippen molar-refractivity contribution < 1.29 is 4.74 Å². The maximum Gasteiger partial charge on any atom is 0.281 e. The Morgan fingerprint density at radius 3 is 2.87 bits per heavy atom. The van der Waals surface area contributed by atoms with Gasteiger partial charge in [0.2, 0.25) is 0 Å². The van der Waals surface area contributed by atoms with Gasteiger partial charge in [0.05, 0.1) is 18.0 Å². The highest BCUT2D eigenvalue weighted by Crippen LogP contribution is 2.30. The molecule has 23 heavy (non-hydrogen) atoms. The van der Waals surface area contributed by atoms with Crippen LogP contribution in [0.3, 0.4) is 0 Å². The maximum atomic E-state index is 12.3. The summed E-state index contributed by atoms with van der Waals surface area (Å²) in [5, 5.41) is 8.13. The van der Waals surface area contributed by atoms with Crippen LogP contribution in [0.4, 0.5) is 0 Å². The summed E-state index contributed by atoms with van der Waals surface area (Å²) < 4.78 is 7.03. The summed E-state index contributed by atoms with van der Waals surface area (Å²) in [7, 11) is 1.59. The highest BCUT2D eigenvalue weighted by atomic mass is 35.5. The molecule has 0 saturated heterocycles. The zero-order valence-corrected chi connectivity index (χ0v) is 12.8. The number of ether oxygens (including phenoxy) is 1. The molecule has 0 atom stereocenters. The van der Waals surface area contributed by atoms with Gasteiger partial charge in [-0.3, -0.25) is 4.79 Å². The molecule has 2 aromatic heterocycles. The first-order chi connectivity index (χ1) is 11.2. The van der Waals surface area contributed by atoms with Crippen molar-refractivity contribution in [1.82, 2.24) is 19.8 Å². The molecule has 0 aliphatic carbocycles. The molecule has 6 nitrogen and oxygen atoms in total. The van der Waals surface area contributed by atoms with E-state index in [1.807, 2.05) is 24.3 Å². The summed E-state index contributed by atoms with van der Waals surface area (Å²) in [6.45, 7) is 0. The molecule has 7 heteroatoms. The largest absolute Gasteiger partial charge is 0.496 e. The number of halogens is 1. The molecule has 1 N–H and O–H groups in total. The Bertz CT molecular complexity index is 1100. The summed E-state index contributed by atoms with van der Waals surface area (Å²) in [4.78, 5) is 16.5. The number of aromatic amines is 1. The number of aromatic nitrogens is 4. The quantitative estimate of drug-likeness (QED) is 0.615. The standard InChI is InChI=1S/C16H11ClN4O2/c1-23-13-5-3-2-4-10(13)14-15-18-16(22)11-8-9(17)6-7-12(11)21(15)20-19-14/h2-8,20H,1H3. The van der Waals surface area contributed by atoms with Gasteiger partial charge in [-0.05, 0) is 30.3 Å². The number of para-hydroxylation sites is 1. The minimum Gasteiger partial charge on any atom is -0.496 e. The number of hydrogen-bond donors (Lipinski definition) is 1. The first kappa shape index (κ1) is 13.8. The Labute approximate surface area is 135 Å². The van der Waals surface area contributed by atoms with Gasteiger partial charge in [0.1, 0.15) is 11.4 Å². The third-order valence-electron chi connectivity index (χ3n) is 3.68. The third kappa shape index (κ3) is 2.07. The summed E-state index contributed by atoms with van der Waals surface area (Å²) >= 11 is 5.96. The molecule has 114 valence electrons. The van der Waals surface area contributed by atoms with Crippen LogP contribution in [0.15, 0.2) is 47.3 Å². The summed E-state index contributed by atoms with van der Waals surface area (Å²) in [5.74, 6) is 0.659. The number of benzene rings is 2. The van der Waals surface area contributed by atoms with Gasteiger partial charge in [0, 0.05) is 10.6 Å². The minimum atomic E-state index is -0.347. The van der Waals surface area contributed by atoms with E-state index in [2.05, 4.69) is 15.3 Å². The fourth-order valence-corrected chi connectivity index (χ4v) is 2.80. The molecule has 2 aromatic carbocycles. The Balaban J connectivity index is 2.10. The first-order valence-electron chi connectivity index (χ1n) is 6.89. The SMILES string of the molecule is COc1ccccc1-c1n[nH]n2c1nc(=O)c1cc(Cl)ccc12. The van der Waals surface area contributed by atoms with E-state index in [1.54, 1.807) is 29.8 Å². The normalized spacial score (nSPS) is 11.2. The topological polar surface area (TPSA) is 72.3 Å². The van der Waals surface area contributed by atoms with E-state index in [0.717, 1.165) is 5.56 Å². The number of fused-ring (bicyclic) bond motifs is 3. The molecule has 0 spiro atoms. The molecular formula is C16H11ClN4O2. The van der Waals surface area contributed by atoms with Crippen molar-refractivity contribution in [2.75, 3.05) is 7.11 Å². The van der Waals surface area contributed by atoms with E-state index in [1.165, 1.54) is 0 Å². The fraction of sp³-hybridized carbons (Fsp3) is 0.0625. The van der Waals surface area contributed by atoms with Crippen LogP contribution in [0.1, 0.15) is 0 Å². The van der Waals surface area contributed by atoms with Gasteiger partial charge in [-0.1, -0.05) is 23.7 Å². The van der Waals surface area contributed by atoms with Crippen LogP contribution in [0.5, 0.6) is 5.75 Å². The van der Waals surface area contributed by atoms with Gasteiger partial charge >= 0.3 is 0 Å². The van der Waals surface area contributed by atoms with Crippen LogP contribution in [-0.4, -0.2) is 26.9 Å². The first-order valence-corrected chi connectivity index (χ1v) is 7.26. The maximum absolute atomic E-state index is 12.3. The van der Waals surface area contributed by atoms with Gasteiger partial charge in [-0.15, -0.1) is 0 Å². The predicted molar refractivity (Wildman–Crippen MR) is 88.1 cm³/mol. The second-order valence-electron chi connectivity index (χ2n) is 5.00. The molecule has 0 bridgehead atoms. The molecule has 0 amide bonds. The molecule has 4 aromatic rings. The lowest BCUT2D eigenvalue weighted by molar-refractivity contribution is 0.416. The Kier molecular flexibility index (Phi) is 3.06. The number of nitrogens with zero attached hydrogens (tertiary/aromatic N) is 3. The van der Waals surface area contributed by atoms with Crippen LogP contribution in [0.2, 0.25) is 5.02 Å². The lowest BCUT2D eigenvalue weighted by atomic mass is 10.1. The van der Waals surface area contributed by atoms with Gasteiger partial charge in [0.15, 0.2) is 5.65 Å². The second-order valence-corrected chi connectivity index (χ2v) is 5.43. The molecule has 4 rings (SSSR count). The smallest absolute Gasteiger partial charge is 0.281 e. The minimum absolute atomic E-state index is 0.347. The van der Waals surface area contributed by atoms with Gasteiger partial charge in [-0.2, -0.15) is 10.1 Å². The van der Waals surface area contributed by atoms with E-state index in [0.29, 0.717) is 33.0 Å². The molecule has 0 radical (unpaired) electrons. The molecule has 0 aliphatic heterocycles. The summed E-state index contributed by atoms with van der Waals surface area (Å²) in [6.07, 6.45) is 0. The van der Waals surface area contributed by atoms with Gasteiger partial charge < -0.3 is 4.74 Å². The highest BCUT2D eigenvalue weighted by molar-refractivity contribution is 6.31. The zero-order valence-electron chi connectivity index (χ0n) is 12.1. The summed E-state index contributed by atoms with van der Waals surface area (Å²) in [5.41, 5.74) is 2.07. The molecule has 0 aliphatic rings. The van der Waals surface area contributed by atoms with Crippen molar-refractivity contribution in [3.05, 3.63) is 57.8 Å².